The number of nitrogens with zero attached hydrogens (tertiary/aromatic N) is 8. The Labute approximate surface area is 334 Å². The van der Waals surface area contributed by atoms with E-state index in [1.54, 1.807) is 22.7 Å². The number of carbonyl (C=O) groups excluding carboxylic acids is 1. The molecule has 0 radical (unpaired) electrons. The number of hydrogen-bond donors (Lipinski definition) is 1. The summed E-state index contributed by atoms with van der Waals surface area (Å²) in [5, 5.41) is 26.5. The van der Waals surface area contributed by atoms with Crippen molar-refractivity contribution in [2.45, 2.75) is 146 Å². The first-order valence-corrected chi connectivity index (χ1v) is 26.0. The van der Waals surface area contributed by atoms with Gasteiger partial charge in [0.25, 0.3) is 0 Å². The number of anilines is 1. The van der Waals surface area contributed by atoms with E-state index in [1.165, 1.54) is 4.80 Å². The minimum Gasteiger partial charge on any atom is -0.443 e. The van der Waals surface area contributed by atoms with Crippen LogP contribution < -0.4 is 4.90 Å². The van der Waals surface area contributed by atoms with Gasteiger partial charge in [0.2, 0.25) is 5.28 Å². The van der Waals surface area contributed by atoms with Gasteiger partial charge >= 0.3 is 6.09 Å². The maximum atomic E-state index is 13.9. The van der Waals surface area contributed by atoms with Crippen molar-refractivity contribution in [2.75, 3.05) is 38.1 Å². The van der Waals surface area contributed by atoms with Gasteiger partial charge in [0.1, 0.15) is 42.7 Å². The van der Waals surface area contributed by atoms with Crippen molar-refractivity contribution in [3.8, 4) is 0 Å². The van der Waals surface area contributed by atoms with E-state index in [2.05, 4.69) is 45.1 Å². The van der Waals surface area contributed by atoms with Crippen LogP contribution in [-0.2, 0) is 46.1 Å². The first-order chi connectivity index (χ1) is 26.1. The van der Waals surface area contributed by atoms with Gasteiger partial charge in [-0.3, -0.25) is 4.90 Å². The van der Waals surface area contributed by atoms with Gasteiger partial charge in [0.15, 0.2) is 29.5 Å². The van der Waals surface area contributed by atoms with Crippen molar-refractivity contribution >= 4 is 44.2 Å². The molecule has 6 rings (SSSR count). The number of aliphatic hydroxyl groups excluding tert-OH is 1. The molecule has 0 aromatic carbocycles. The summed E-state index contributed by atoms with van der Waals surface area (Å²) in [5.41, 5.74) is 0.412. The maximum Gasteiger partial charge on any atom is 0.416 e. The van der Waals surface area contributed by atoms with Crippen molar-refractivity contribution < 1.29 is 42.9 Å². The second kappa shape index (κ2) is 16.2. The van der Waals surface area contributed by atoms with Crippen LogP contribution in [-0.4, -0.2) is 128 Å². The van der Waals surface area contributed by atoms with Crippen LogP contribution in [0.15, 0.2) is 12.1 Å². The average Bonchev–Trinajstić information content (AvgIpc) is 3.90. The van der Waals surface area contributed by atoms with Crippen LogP contribution >= 0.6 is 18.7 Å². The van der Waals surface area contributed by atoms with E-state index in [4.69, 9.17) is 40.0 Å². The highest BCUT2D eigenvalue weighted by atomic mass is 35.5. The van der Waals surface area contributed by atoms with Gasteiger partial charge in [0, 0.05) is 27.1 Å². The van der Waals surface area contributed by atoms with Gasteiger partial charge in [-0.1, -0.05) is 32.5 Å². The standard InChI is InChI=1S/C36H58ClN8O9PSi/c1-34(2,3)54-33(47)44(23-13-11-12-14-23)31-25-16-15-24(45(25)41-32(37)38-31)28-30-29(52-35(4,5)53-30)26(51-28)20-50-36(21-46,55(6,7)48)19-27-39-42-43(40-27)22-49-17-18-56(8,9)10/h15-16,23,26,28-30,46H,11-14,17-22H2,1-10H3/t26-,28-,29-,30+,36-/m1/s1. The monoisotopic (exact) mass is 840 g/mol. The van der Waals surface area contributed by atoms with E-state index in [9.17, 15) is 14.5 Å². The molecule has 1 saturated carbocycles. The lowest BCUT2D eigenvalue weighted by Gasteiger charge is -2.36. The summed E-state index contributed by atoms with van der Waals surface area (Å²) in [5.74, 6) is -0.366. The molecule has 5 atom stereocenters. The van der Waals surface area contributed by atoms with Crippen LogP contribution in [0.4, 0.5) is 10.6 Å². The van der Waals surface area contributed by atoms with Crippen molar-refractivity contribution in [2.24, 2.45) is 0 Å². The molecule has 3 aliphatic rings. The quantitative estimate of drug-likeness (QED) is 0.108. The van der Waals surface area contributed by atoms with Crippen molar-refractivity contribution in [1.82, 2.24) is 34.8 Å². The van der Waals surface area contributed by atoms with Crippen LogP contribution in [0.2, 0.25) is 31.0 Å². The van der Waals surface area contributed by atoms with Gasteiger partial charge in [0.05, 0.1) is 18.9 Å². The fourth-order valence-corrected chi connectivity index (χ4v) is 9.54. The summed E-state index contributed by atoms with van der Waals surface area (Å²) < 4.78 is 53.1. The molecule has 3 aromatic heterocycles. The zero-order chi connectivity index (χ0) is 40.8. The second-order valence-corrected chi connectivity index (χ2v) is 27.6. The number of aromatic nitrogens is 7. The van der Waals surface area contributed by atoms with Gasteiger partial charge in [-0.05, 0) is 95.8 Å². The van der Waals surface area contributed by atoms with E-state index in [0.29, 0.717) is 23.6 Å². The average molecular weight is 841 g/mol. The predicted octanol–water partition coefficient (Wildman–Crippen LogP) is 5.90. The predicted molar refractivity (Wildman–Crippen MR) is 211 cm³/mol. The molecule has 1 aliphatic carbocycles. The SMILES string of the molecule is CC(C)(C)OC(=O)N(c1nc(Cl)nn2c([C@H]3O[C@H](CO[C@](CO)(Cc4nnn(COCC[Si](C)(C)C)n4)P(C)(C)=O)[C@H]4OC(C)(C)O[C@H]43)ccc12)C1CCCC1. The maximum absolute atomic E-state index is 13.9. The number of ether oxygens (including phenoxy) is 6. The fourth-order valence-electron chi connectivity index (χ4n) is 7.38. The molecule has 1 N–H and O–H groups in total. The van der Waals surface area contributed by atoms with Crippen molar-refractivity contribution in [3.05, 3.63) is 28.9 Å². The zero-order valence-electron chi connectivity index (χ0n) is 34.2. The highest BCUT2D eigenvalue weighted by Crippen LogP contribution is 2.54. The normalized spacial score (nSPS) is 24.1. The number of fused-ring (bicyclic) bond motifs is 2. The molecular weight excluding hydrogens is 783 g/mol. The first-order valence-electron chi connectivity index (χ1n) is 19.3. The van der Waals surface area contributed by atoms with E-state index >= 15 is 0 Å². The number of halogens is 1. The highest BCUT2D eigenvalue weighted by molar-refractivity contribution is 7.63. The highest BCUT2D eigenvalue weighted by Gasteiger charge is 2.57. The fraction of sp³-hybridized carbons (Fsp3) is 0.778. The Morgan fingerprint density at radius 2 is 1.82 bits per heavy atom. The lowest BCUT2D eigenvalue weighted by molar-refractivity contribution is -0.197. The van der Waals surface area contributed by atoms with Crippen LogP contribution in [0.3, 0.4) is 0 Å². The Balaban J connectivity index is 1.25. The summed E-state index contributed by atoms with van der Waals surface area (Å²) >= 11 is 6.60. The Kier molecular flexibility index (Phi) is 12.5. The summed E-state index contributed by atoms with van der Waals surface area (Å²) in [6.45, 7) is 19.1. The van der Waals surface area contributed by atoms with Crippen LogP contribution in [0, 0.1) is 0 Å². The molecule has 17 nitrogen and oxygen atoms in total. The van der Waals surface area contributed by atoms with Gasteiger partial charge < -0.3 is 38.1 Å². The molecule has 2 aliphatic heterocycles. The van der Waals surface area contributed by atoms with Gasteiger partial charge in [-0.15, -0.1) is 20.1 Å². The number of tetrazole rings is 1. The molecule has 0 bridgehead atoms. The van der Waals surface area contributed by atoms with E-state index in [1.807, 2.05) is 46.8 Å². The second-order valence-electron chi connectivity index (χ2n) is 18.1. The Morgan fingerprint density at radius 1 is 1.12 bits per heavy atom. The van der Waals surface area contributed by atoms with Crippen LogP contribution in [0.5, 0.6) is 0 Å². The van der Waals surface area contributed by atoms with Gasteiger partial charge in [-0.2, -0.15) is 4.98 Å². The van der Waals surface area contributed by atoms with E-state index < -0.39 is 69.1 Å². The Hall–Kier alpha value is -2.54. The summed E-state index contributed by atoms with van der Waals surface area (Å²) in [6.07, 6.45) is 0.348. The molecule has 3 aromatic rings. The summed E-state index contributed by atoms with van der Waals surface area (Å²) in [4.78, 5) is 21.2. The number of aliphatic hydroxyl groups is 1. The van der Waals surface area contributed by atoms with Crippen molar-refractivity contribution in [3.63, 3.8) is 0 Å². The largest absolute Gasteiger partial charge is 0.443 e. The molecular formula is C36H58ClN8O9PSi. The molecule has 5 heterocycles. The molecule has 3 fully saturated rings. The molecule has 56 heavy (non-hydrogen) atoms. The Morgan fingerprint density at radius 3 is 2.46 bits per heavy atom. The van der Waals surface area contributed by atoms with Crippen LogP contribution in [0.25, 0.3) is 5.52 Å². The van der Waals surface area contributed by atoms with Gasteiger partial charge in [-0.25, -0.2) is 9.31 Å². The van der Waals surface area contributed by atoms with Crippen molar-refractivity contribution in [1.29, 1.82) is 0 Å². The third kappa shape index (κ3) is 9.66. The zero-order valence-corrected chi connectivity index (χ0v) is 36.9. The molecule has 1 amide bonds. The third-order valence-corrected chi connectivity index (χ3v) is 14.6. The Bertz CT molecular complexity index is 1910. The molecule has 312 valence electrons. The topological polar surface area (TPSA) is 187 Å². The van der Waals surface area contributed by atoms with Crippen LogP contribution in [0.1, 0.15) is 77.9 Å². The minimum absolute atomic E-state index is 0.0621. The smallest absolute Gasteiger partial charge is 0.416 e. The third-order valence-electron chi connectivity index (χ3n) is 10.3. The number of amides is 1. The summed E-state index contributed by atoms with van der Waals surface area (Å²) in [6, 6.07) is 4.56. The summed E-state index contributed by atoms with van der Waals surface area (Å²) in [7, 11) is -4.45. The molecule has 0 spiro atoms. The van der Waals surface area contributed by atoms with E-state index in [0.717, 1.165) is 31.7 Å². The number of carbonyl (C=O) groups is 1. The molecule has 0 unspecified atom stereocenters. The lowest BCUT2D eigenvalue weighted by Crippen LogP contribution is -2.43. The number of hydrogen-bond acceptors (Lipinski definition) is 14. The molecule has 20 heteroatoms. The minimum atomic E-state index is -3.19. The lowest BCUT2D eigenvalue weighted by atomic mass is 10.1. The van der Waals surface area contributed by atoms with E-state index in [-0.39, 0.29) is 36.9 Å². The number of rotatable bonds is 15. The first kappa shape index (κ1) is 43.0. The molecule has 2 saturated heterocycles.